The van der Waals surface area contributed by atoms with Gasteiger partial charge in [-0.05, 0) is 66.9 Å². The third kappa shape index (κ3) is 3.12. The third-order valence-corrected chi connectivity index (χ3v) is 5.58. The number of nitrogens with one attached hydrogen (secondary N) is 3. The normalized spacial score (nSPS) is 19.3. The lowest BCUT2D eigenvalue weighted by Gasteiger charge is -2.29. The summed E-state index contributed by atoms with van der Waals surface area (Å²) < 4.78 is 0. The number of benzene rings is 1. The van der Waals surface area contributed by atoms with E-state index in [1.807, 2.05) is 6.92 Å². The lowest BCUT2D eigenvalue weighted by molar-refractivity contribution is -0.121. The highest BCUT2D eigenvalue weighted by Gasteiger charge is 2.33. The predicted octanol–water partition coefficient (Wildman–Crippen LogP) is 3.08. The van der Waals surface area contributed by atoms with Crippen molar-refractivity contribution in [3.8, 4) is 0 Å². The number of H-pyrrole nitrogens is 2. The Morgan fingerprint density at radius 3 is 2.96 bits per heavy atom. The molecule has 1 aliphatic heterocycles. The van der Waals surface area contributed by atoms with Crippen molar-refractivity contribution in [2.75, 3.05) is 11.9 Å². The van der Waals surface area contributed by atoms with E-state index < -0.39 is 0 Å². The van der Waals surface area contributed by atoms with Gasteiger partial charge in [0.25, 0.3) is 0 Å². The quantitative estimate of drug-likeness (QED) is 0.672. The molecule has 7 heteroatoms. The Hall–Kier alpha value is -2.38. The van der Waals surface area contributed by atoms with Gasteiger partial charge in [0, 0.05) is 11.7 Å². The van der Waals surface area contributed by atoms with Crippen LogP contribution < -0.4 is 11.0 Å². The molecular formula is C18H20N4O2S. The maximum Gasteiger partial charge on any atom is 0.323 e. The Balaban J connectivity index is 1.50. The molecule has 2 atom stereocenters. The number of amides is 1. The minimum atomic E-state index is -0.248. The van der Waals surface area contributed by atoms with E-state index in [2.05, 4.69) is 37.0 Å². The Morgan fingerprint density at radius 1 is 1.32 bits per heavy atom. The summed E-state index contributed by atoms with van der Waals surface area (Å²) in [4.78, 5) is 31.8. The number of carbonyl (C=O) groups is 1. The standard InChI is InChI=1S/C18H20N4O2S/c1-11(22-7-2-3-16(22)12-6-8-25-10-12)17(23)19-13-4-5-14-15(9-13)21-18(24)20-14/h4-6,8-11,16H,2-3,7H2,1H3,(H,19,23)(H2,20,21,24)/t11-,16-/m0/s1. The highest BCUT2D eigenvalue weighted by Crippen LogP contribution is 2.34. The molecule has 0 saturated carbocycles. The summed E-state index contributed by atoms with van der Waals surface area (Å²) >= 11 is 1.70. The number of thiophene rings is 1. The number of aromatic amines is 2. The van der Waals surface area contributed by atoms with E-state index in [4.69, 9.17) is 0 Å². The van der Waals surface area contributed by atoms with Gasteiger partial charge >= 0.3 is 5.69 Å². The molecule has 6 nitrogen and oxygen atoms in total. The predicted molar refractivity (Wildman–Crippen MR) is 100 cm³/mol. The van der Waals surface area contributed by atoms with E-state index in [0.29, 0.717) is 17.2 Å². The van der Waals surface area contributed by atoms with Gasteiger partial charge in [-0.15, -0.1) is 0 Å². The molecule has 1 amide bonds. The van der Waals surface area contributed by atoms with Crippen molar-refractivity contribution in [2.45, 2.75) is 31.8 Å². The number of hydrogen-bond acceptors (Lipinski definition) is 4. The van der Waals surface area contributed by atoms with Crippen molar-refractivity contribution < 1.29 is 4.79 Å². The molecule has 3 heterocycles. The molecular weight excluding hydrogens is 336 g/mol. The smallest absolute Gasteiger partial charge is 0.323 e. The van der Waals surface area contributed by atoms with Crippen LogP contribution in [0.3, 0.4) is 0 Å². The fourth-order valence-electron chi connectivity index (χ4n) is 3.58. The van der Waals surface area contributed by atoms with Gasteiger partial charge in [0.1, 0.15) is 0 Å². The van der Waals surface area contributed by atoms with Gasteiger partial charge in [-0.3, -0.25) is 9.69 Å². The summed E-state index contributed by atoms with van der Waals surface area (Å²) in [7, 11) is 0. The van der Waals surface area contributed by atoms with Crippen LogP contribution in [0.4, 0.5) is 5.69 Å². The summed E-state index contributed by atoms with van der Waals surface area (Å²) in [5.74, 6) is -0.0284. The molecule has 1 fully saturated rings. The van der Waals surface area contributed by atoms with E-state index in [1.54, 1.807) is 29.5 Å². The summed E-state index contributed by atoms with van der Waals surface area (Å²) in [6, 6.07) is 7.62. The zero-order valence-corrected chi connectivity index (χ0v) is 14.7. The largest absolute Gasteiger partial charge is 0.325 e. The van der Waals surface area contributed by atoms with Crippen LogP contribution in [0.15, 0.2) is 39.8 Å². The molecule has 0 radical (unpaired) electrons. The lowest BCUT2D eigenvalue weighted by Crippen LogP contribution is -2.41. The van der Waals surface area contributed by atoms with Crippen molar-refractivity contribution >= 4 is 34.0 Å². The topological polar surface area (TPSA) is 81.0 Å². The molecule has 1 aromatic carbocycles. The van der Waals surface area contributed by atoms with Crippen LogP contribution in [0.2, 0.25) is 0 Å². The Morgan fingerprint density at radius 2 is 2.16 bits per heavy atom. The van der Waals surface area contributed by atoms with Gasteiger partial charge in [0.05, 0.1) is 17.1 Å². The minimum absolute atomic E-state index is 0.0284. The molecule has 3 N–H and O–H groups in total. The average molecular weight is 356 g/mol. The van der Waals surface area contributed by atoms with Gasteiger partial charge in [0.2, 0.25) is 5.91 Å². The van der Waals surface area contributed by atoms with Crippen LogP contribution in [0.25, 0.3) is 11.0 Å². The van der Waals surface area contributed by atoms with Crippen LogP contribution in [0.1, 0.15) is 31.4 Å². The molecule has 0 bridgehead atoms. The number of likely N-dealkylation sites (tertiary alicyclic amines) is 1. The molecule has 3 aromatic rings. The number of hydrogen-bond donors (Lipinski definition) is 3. The molecule has 0 unspecified atom stereocenters. The van der Waals surface area contributed by atoms with E-state index in [-0.39, 0.29) is 17.6 Å². The van der Waals surface area contributed by atoms with E-state index in [1.165, 1.54) is 5.56 Å². The van der Waals surface area contributed by atoms with E-state index in [9.17, 15) is 9.59 Å². The van der Waals surface area contributed by atoms with Crippen LogP contribution in [0, 0.1) is 0 Å². The van der Waals surface area contributed by atoms with Gasteiger partial charge in [0.15, 0.2) is 0 Å². The number of carbonyl (C=O) groups excluding carboxylic acids is 1. The third-order valence-electron chi connectivity index (χ3n) is 4.88. The van der Waals surface area contributed by atoms with Crippen molar-refractivity contribution in [1.82, 2.24) is 14.9 Å². The van der Waals surface area contributed by atoms with Crippen molar-refractivity contribution in [3.05, 3.63) is 51.1 Å². The summed E-state index contributed by atoms with van der Waals surface area (Å²) in [5.41, 5.74) is 3.16. The molecule has 130 valence electrons. The van der Waals surface area contributed by atoms with Crippen molar-refractivity contribution in [2.24, 2.45) is 0 Å². The number of aromatic nitrogens is 2. The SMILES string of the molecule is C[C@@H](C(=O)Nc1ccc2[nH]c(=O)[nH]c2c1)N1CCC[C@H]1c1ccsc1. The fourth-order valence-corrected chi connectivity index (χ4v) is 4.29. The minimum Gasteiger partial charge on any atom is -0.325 e. The van der Waals surface area contributed by atoms with Crippen LogP contribution in [-0.2, 0) is 4.79 Å². The second-order valence-electron chi connectivity index (χ2n) is 6.46. The molecule has 0 spiro atoms. The van der Waals surface area contributed by atoms with E-state index in [0.717, 1.165) is 24.9 Å². The van der Waals surface area contributed by atoms with Gasteiger partial charge < -0.3 is 15.3 Å². The first-order valence-electron chi connectivity index (χ1n) is 8.42. The maximum absolute atomic E-state index is 12.7. The van der Waals surface area contributed by atoms with Crippen LogP contribution in [-0.4, -0.2) is 33.4 Å². The number of imidazole rings is 1. The van der Waals surface area contributed by atoms with Crippen molar-refractivity contribution in [3.63, 3.8) is 0 Å². The second kappa shape index (κ2) is 6.50. The maximum atomic E-state index is 12.7. The number of anilines is 1. The number of fused-ring (bicyclic) bond motifs is 1. The lowest BCUT2D eigenvalue weighted by atomic mass is 10.1. The van der Waals surface area contributed by atoms with Crippen LogP contribution >= 0.6 is 11.3 Å². The zero-order chi connectivity index (χ0) is 17.4. The number of nitrogens with zero attached hydrogens (tertiary/aromatic N) is 1. The molecule has 4 rings (SSSR count). The molecule has 25 heavy (non-hydrogen) atoms. The Bertz CT molecular complexity index is 944. The monoisotopic (exact) mass is 356 g/mol. The molecule has 0 aliphatic carbocycles. The van der Waals surface area contributed by atoms with Crippen molar-refractivity contribution in [1.29, 1.82) is 0 Å². The second-order valence-corrected chi connectivity index (χ2v) is 7.24. The summed E-state index contributed by atoms with van der Waals surface area (Å²) in [6.07, 6.45) is 2.19. The highest BCUT2D eigenvalue weighted by molar-refractivity contribution is 7.07. The molecule has 2 aromatic heterocycles. The first-order valence-corrected chi connectivity index (χ1v) is 9.37. The zero-order valence-electron chi connectivity index (χ0n) is 13.9. The molecule has 1 saturated heterocycles. The molecule has 1 aliphatic rings. The average Bonchev–Trinajstić information content (AvgIpc) is 3.32. The van der Waals surface area contributed by atoms with Gasteiger partial charge in [-0.2, -0.15) is 11.3 Å². The highest BCUT2D eigenvalue weighted by atomic mass is 32.1. The van der Waals surface area contributed by atoms with Gasteiger partial charge in [-0.25, -0.2) is 4.79 Å². The van der Waals surface area contributed by atoms with Gasteiger partial charge in [-0.1, -0.05) is 0 Å². The summed E-state index contributed by atoms with van der Waals surface area (Å²) in [5, 5.41) is 7.23. The number of rotatable bonds is 4. The van der Waals surface area contributed by atoms with E-state index >= 15 is 0 Å². The summed E-state index contributed by atoms with van der Waals surface area (Å²) in [6.45, 7) is 2.88. The fraction of sp³-hybridized carbons (Fsp3) is 0.333. The first-order chi connectivity index (χ1) is 12.1. The first kappa shape index (κ1) is 16.1. The Labute approximate surface area is 148 Å². The van der Waals surface area contributed by atoms with Crippen LogP contribution in [0.5, 0.6) is 0 Å². The Kier molecular flexibility index (Phi) is 4.19.